The molecule has 1 aromatic heterocycles. The molecule has 3 aromatic rings. The average molecular weight is 337 g/mol. The number of fused-ring (bicyclic) bond motifs is 1. The monoisotopic (exact) mass is 337 g/mol. The number of rotatable bonds is 4. The maximum absolute atomic E-state index is 12.7. The third kappa shape index (κ3) is 2.98. The lowest BCUT2D eigenvalue weighted by atomic mass is 10.1. The number of para-hydroxylation sites is 1. The Bertz CT molecular complexity index is 1030. The van der Waals surface area contributed by atoms with Crippen molar-refractivity contribution in [2.45, 2.75) is 13.8 Å². The first-order valence-electron chi connectivity index (χ1n) is 8.20. The van der Waals surface area contributed by atoms with Crippen molar-refractivity contribution >= 4 is 16.8 Å². The summed E-state index contributed by atoms with van der Waals surface area (Å²) in [7, 11) is 0. The van der Waals surface area contributed by atoms with Crippen LogP contribution in [-0.4, -0.2) is 33.4 Å². The molecule has 2 aromatic carbocycles. The minimum Gasteiger partial charge on any atom is -0.339 e. The summed E-state index contributed by atoms with van der Waals surface area (Å²) in [6.45, 7) is 5.00. The zero-order valence-corrected chi connectivity index (χ0v) is 14.2. The molecule has 0 aliphatic carbocycles. The summed E-state index contributed by atoms with van der Waals surface area (Å²) in [5.74, 6) is -0.125. The lowest BCUT2D eigenvalue weighted by Crippen LogP contribution is -2.34. The summed E-state index contributed by atoms with van der Waals surface area (Å²) >= 11 is 0. The Hall–Kier alpha value is -3.15. The van der Waals surface area contributed by atoms with E-state index in [1.807, 2.05) is 19.9 Å². The van der Waals surface area contributed by atoms with Gasteiger partial charge >= 0.3 is 5.69 Å². The Morgan fingerprint density at radius 3 is 2.36 bits per heavy atom. The molecule has 0 fully saturated rings. The lowest BCUT2D eigenvalue weighted by Gasteiger charge is -2.18. The highest BCUT2D eigenvalue weighted by Gasteiger charge is 2.15. The molecule has 1 heterocycles. The third-order valence-electron chi connectivity index (χ3n) is 4.21. The van der Waals surface area contributed by atoms with Gasteiger partial charge in [-0.25, -0.2) is 9.36 Å². The van der Waals surface area contributed by atoms with Crippen molar-refractivity contribution in [1.29, 1.82) is 0 Å². The molecule has 1 amide bonds. The van der Waals surface area contributed by atoms with Crippen molar-refractivity contribution in [2.75, 3.05) is 13.1 Å². The molecule has 0 unspecified atom stereocenters. The van der Waals surface area contributed by atoms with Crippen molar-refractivity contribution in [3.63, 3.8) is 0 Å². The standard InChI is InChI=1S/C19H19N3O3/c1-3-21(4-2)17(23)13-10-11-15-16(12-13)20-19(25)22(18(15)24)14-8-6-5-7-9-14/h5-12H,3-4H2,1-2H3,(H,20,25). The number of nitrogens with zero attached hydrogens (tertiary/aromatic N) is 2. The fraction of sp³-hybridized carbons (Fsp3) is 0.211. The van der Waals surface area contributed by atoms with Crippen LogP contribution in [0.2, 0.25) is 0 Å². The number of aromatic nitrogens is 2. The van der Waals surface area contributed by atoms with E-state index in [2.05, 4.69) is 4.98 Å². The molecule has 0 aliphatic heterocycles. The number of hydrogen-bond acceptors (Lipinski definition) is 3. The first kappa shape index (κ1) is 16.7. The molecule has 25 heavy (non-hydrogen) atoms. The maximum atomic E-state index is 12.7. The van der Waals surface area contributed by atoms with Gasteiger partial charge in [-0.2, -0.15) is 0 Å². The van der Waals surface area contributed by atoms with Crippen LogP contribution in [0.1, 0.15) is 24.2 Å². The van der Waals surface area contributed by atoms with E-state index in [1.165, 1.54) is 0 Å². The van der Waals surface area contributed by atoms with E-state index in [9.17, 15) is 14.4 Å². The smallest absolute Gasteiger partial charge is 0.333 e. The summed E-state index contributed by atoms with van der Waals surface area (Å²) in [6.07, 6.45) is 0. The Morgan fingerprint density at radius 2 is 1.72 bits per heavy atom. The molecule has 3 rings (SSSR count). The van der Waals surface area contributed by atoms with Crippen LogP contribution in [0, 0.1) is 0 Å². The fourth-order valence-electron chi connectivity index (χ4n) is 2.86. The van der Waals surface area contributed by atoms with Gasteiger partial charge in [0.2, 0.25) is 0 Å². The van der Waals surface area contributed by atoms with Gasteiger partial charge in [0, 0.05) is 18.7 Å². The molecule has 0 saturated carbocycles. The Kier molecular flexibility index (Phi) is 4.52. The van der Waals surface area contributed by atoms with Crippen LogP contribution in [0.5, 0.6) is 0 Å². The highest BCUT2D eigenvalue weighted by Crippen LogP contribution is 2.12. The molecule has 0 spiro atoms. The summed E-state index contributed by atoms with van der Waals surface area (Å²) in [5.41, 5.74) is 0.366. The topological polar surface area (TPSA) is 75.2 Å². The number of aromatic amines is 1. The van der Waals surface area contributed by atoms with Crippen molar-refractivity contribution < 1.29 is 4.79 Å². The van der Waals surface area contributed by atoms with E-state index in [1.54, 1.807) is 47.4 Å². The number of carbonyl (C=O) groups excluding carboxylic acids is 1. The number of H-pyrrole nitrogens is 1. The molecular weight excluding hydrogens is 318 g/mol. The summed E-state index contributed by atoms with van der Waals surface area (Å²) in [6, 6.07) is 13.5. The van der Waals surface area contributed by atoms with Crippen LogP contribution < -0.4 is 11.2 Å². The van der Waals surface area contributed by atoms with Crippen LogP contribution in [0.3, 0.4) is 0 Å². The van der Waals surface area contributed by atoms with Gasteiger partial charge in [-0.15, -0.1) is 0 Å². The van der Waals surface area contributed by atoms with E-state index < -0.39 is 11.2 Å². The van der Waals surface area contributed by atoms with Gasteiger partial charge in [0.15, 0.2) is 0 Å². The normalized spacial score (nSPS) is 10.8. The SMILES string of the molecule is CCN(CC)C(=O)c1ccc2c(=O)n(-c3ccccc3)c(=O)[nH]c2c1. The molecule has 0 atom stereocenters. The van der Waals surface area contributed by atoms with Crippen molar-refractivity contribution in [3.8, 4) is 5.69 Å². The quantitative estimate of drug-likeness (QED) is 0.793. The summed E-state index contributed by atoms with van der Waals surface area (Å²) in [5, 5.41) is 0.361. The molecular formula is C19H19N3O3. The highest BCUT2D eigenvalue weighted by atomic mass is 16.2. The Balaban J connectivity index is 2.17. The van der Waals surface area contributed by atoms with Crippen LogP contribution >= 0.6 is 0 Å². The molecule has 6 heteroatoms. The van der Waals surface area contributed by atoms with Gasteiger partial charge in [-0.1, -0.05) is 18.2 Å². The van der Waals surface area contributed by atoms with E-state index in [0.717, 1.165) is 4.57 Å². The molecule has 1 N–H and O–H groups in total. The molecule has 6 nitrogen and oxygen atoms in total. The zero-order chi connectivity index (χ0) is 18.0. The van der Waals surface area contributed by atoms with Gasteiger partial charge in [-0.3, -0.25) is 9.59 Å². The van der Waals surface area contributed by atoms with Gasteiger partial charge in [-0.05, 0) is 44.2 Å². The van der Waals surface area contributed by atoms with Crippen molar-refractivity contribution in [3.05, 3.63) is 74.9 Å². The molecule has 0 bridgehead atoms. The maximum Gasteiger partial charge on any atom is 0.333 e. The molecule has 0 saturated heterocycles. The average Bonchev–Trinajstić information content (AvgIpc) is 2.63. The predicted octanol–water partition coefficient (Wildman–Crippen LogP) is 2.16. The van der Waals surface area contributed by atoms with Crippen molar-refractivity contribution in [1.82, 2.24) is 14.5 Å². The van der Waals surface area contributed by atoms with E-state index in [0.29, 0.717) is 35.2 Å². The predicted molar refractivity (Wildman–Crippen MR) is 97.4 cm³/mol. The molecule has 128 valence electrons. The van der Waals surface area contributed by atoms with Crippen LogP contribution in [0.25, 0.3) is 16.6 Å². The number of nitrogens with one attached hydrogen (secondary N) is 1. The number of carbonyl (C=O) groups is 1. The molecule has 0 radical (unpaired) electrons. The summed E-state index contributed by atoms with van der Waals surface area (Å²) < 4.78 is 1.09. The largest absolute Gasteiger partial charge is 0.339 e. The summed E-state index contributed by atoms with van der Waals surface area (Å²) in [4.78, 5) is 42.0. The number of amides is 1. The first-order chi connectivity index (χ1) is 12.1. The van der Waals surface area contributed by atoms with Crippen LogP contribution in [0.4, 0.5) is 0 Å². The third-order valence-corrected chi connectivity index (χ3v) is 4.21. The van der Waals surface area contributed by atoms with Gasteiger partial charge < -0.3 is 9.88 Å². The van der Waals surface area contributed by atoms with Crippen molar-refractivity contribution in [2.24, 2.45) is 0 Å². The second-order valence-corrected chi connectivity index (χ2v) is 5.64. The highest BCUT2D eigenvalue weighted by molar-refractivity contribution is 5.97. The van der Waals surface area contributed by atoms with Gasteiger partial charge in [0.25, 0.3) is 11.5 Å². The number of benzene rings is 2. The second kappa shape index (κ2) is 6.76. The fourth-order valence-corrected chi connectivity index (χ4v) is 2.86. The van der Waals surface area contributed by atoms with E-state index in [-0.39, 0.29) is 5.91 Å². The lowest BCUT2D eigenvalue weighted by molar-refractivity contribution is 0.0773. The van der Waals surface area contributed by atoms with Crippen LogP contribution in [0.15, 0.2) is 58.1 Å². The van der Waals surface area contributed by atoms with E-state index >= 15 is 0 Å². The second-order valence-electron chi connectivity index (χ2n) is 5.64. The zero-order valence-electron chi connectivity index (χ0n) is 14.2. The molecule has 0 aliphatic rings. The minimum absolute atomic E-state index is 0.125. The Morgan fingerprint density at radius 1 is 1.04 bits per heavy atom. The number of hydrogen-bond donors (Lipinski definition) is 1. The van der Waals surface area contributed by atoms with E-state index in [4.69, 9.17) is 0 Å². The van der Waals surface area contributed by atoms with Crippen LogP contribution in [-0.2, 0) is 0 Å². The van der Waals surface area contributed by atoms with Gasteiger partial charge in [0.1, 0.15) is 0 Å². The Labute approximate surface area is 144 Å². The van der Waals surface area contributed by atoms with Gasteiger partial charge in [0.05, 0.1) is 16.6 Å². The first-order valence-corrected chi connectivity index (χ1v) is 8.20. The minimum atomic E-state index is -0.531.